The maximum Gasteiger partial charge on any atom is 0.274 e. The van der Waals surface area contributed by atoms with Gasteiger partial charge in [0.05, 0.1) is 0 Å². The second-order valence-electron chi connectivity index (χ2n) is 5.69. The molecule has 0 aliphatic rings. The SMILES string of the molecule is C=CCNc1nccc(C(=O)Nc2ccc(OCc3ccccc3)cc2)n1. The molecule has 136 valence electrons. The first-order valence-electron chi connectivity index (χ1n) is 8.50. The second-order valence-corrected chi connectivity index (χ2v) is 5.69. The van der Waals surface area contributed by atoms with Crippen LogP contribution in [0.3, 0.4) is 0 Å². The zero-order valence-electron chi connectivity index (χ0n) is 14.8. The van der Waals surface area contributed by atoms with Gasteiger partial charge in [-0.25, -0.2) is 9.97 Å². The summed E-state index contributed by atoms with van der Waals surface area (Å²) in [5, 5.41) is 5.76. The van der Waals surface area contributed by atoms with Gasteiger partial charge in [-0.05, 0) is 35.9 Å². The average Bonchev–Trinajstić information content (AvgIpc) is 2.72. The Kier molecular flexibility index (Phi) is 6.14. The average molecular weight is 360 g/mol. The van der Waals surface area contributed by atoms with Crippen molar-refractivity contribution in [2.75, 3.05) is 17.2 Å². The van der Waals surface area contributed by atoms with Crippen LogP contribution in [0, 0.1) is 0 Å². The number of nitrogens with one attached hydrogen (secondary N) is 2. The van der Waals surface area contributed by atoms with Gasteiger partial charge < -0.3 is 15.4 Å². The summed E-state index contributed by atoms with van der Waals surface area (Å²) in [6.07, 6.45) is 3.23. The first-order chi connectivity index (χ1) is 13.2. The van der Waals surface area contributed by atoms with E-state index in [1.165, 1.54) is 6.20 Å². The third-order valence-corrected chi connectivity index (χ3v) is 3.65. The van der Waals surface area contributed by atoms with Gasteiger partial charge >= 0.3 is 0 Å². The zero-order valence-corrected chi connectivity index (χ0v) is 14.8. The molecule has 3 rings (SSSR count). The number of aromatic nitrogens is 2. The molecule has 0 aliphatic carbocycles. The van der Waals surface area contributed by atoms with Gasteiger partial charge in [-0.15, -0.1) is 6.58 Å². The fourth-order valence-corrected chi connectivity index (χ4v) is 2.30. The smallest absolute Gasteiger partial charge is 0.274 e. The van der Waals surface area contributed by atoms with Crippen molar-refractivity contribution in [3.05, 3.63) is 90.8 Å². The Bertz CT molecular complexity index is 896. The van der Waals surface area contributed by atoms with E-state index < -0.39 is 0 Å². The van der Waals surface area contributed by atoms with Crippen LogP contribution in [-0.2, 0) is 6.61 Å². The lowest BCUT2D eigenvalue weighted by molar-refractivity contribution is 0.102. The lowest BCUT2D eigenvalue weighted by Gasteiger charge is -2.09. The van der Waals surface area contributed by atoms with Gasteiger partial charge in [-0.3, -0.25) is 4.79 Å². The highest BCUT2D eigenvalue weighted by molar-refractivity contribution is 6.02. The fraction of sp³-hybridized carbons (Fsp3) is 0.0952. The molecule has 0 saturated carbocycles. The van der Waals surface area contributed by atoms with Crippen LogP contribution in [0.25, 0.3) is 0 Å². The standard InChI is InChI=1S/C21H20N4O2/c1-2-13-22-21-23-14-12-19(25-21)20(26)24-17-8-10-18(11-9-17)27-15-16-6-4-3-5-7-16/h2-12,14H,1,13,15H2,(H,24,26)(H,22,23,25). The van der Waals surface area contributed by atoms with Crippen molar-refractivity contribution in [3.63, 3.8) is 0 Å². The van der Waals surface area contributed by atoms with Gasteiger partial charge in [-0.2, -0.15) is 0 Å². The molecule has 1 aromatic heterocycles. The van der Waals surface area contributed by atoms with E-state index >= 15 is 0 Å². The molecule has 1 heterocycles. The molecule has 2 aromatic carbocycles. The highest BCUT2D eigenvalue weighted by atomic mass is 16.5. The molecule has 0 fully saturated rings. The summed E-state index contributed by atoms with van der Waals surface area (Å²) in [5.74, 6) is 0.805. The second kappa shape index (κ2) is 9.15. The molecule has 1 amide bonds. The molecule has 0 radical (unpaired) electrons. The van der Waals surface area contributed by atoms with Gasteiger partial charge in [0.2, 0.25) is 5.95 Å². The molecule has 6 nitrogen and oxygen atoms in total. The van der Waals surface area contributed by atoms with Crippen molar-refractivity contribution < 1.29 is 9.53 Å². The van der Waals surface area contributed by atoms with Crippen molar-refractivity contribution >= 4 is 17.5 Å². The molecule has 0 saturated heterocycles. The highest BCUT2D eigenvalue weighted by Gasteiger charge is 2.09. The van der Waals surface area contributed by atoms with Crippen molar-refractivity contribution in [2.24, 2.45) is 0 Å². The summed E-state index contributed by atoms with van der Waals surface area (Å²) < 4.78 is 5.74. The van der Waals surface area contributed by atoms with E-state index in [9.17, 15) is 4.79 Å². The Morgan fingerprint density at radius 3 is 2.59 bits per heavy atom. The van der Waals surface area contributed by atoms with E-state index in [4.69, 9.17) is 4.74 Å². The van der Waals surface area contributed by atoms with Crippen LogP contribution in [-0.4, -0.2) is 22.4 Å². The number of ether oxygens (including phenoxy) is 1. The minimum absolute atomic E-state index is 0.279. The minimum atomic E-state index is -0.308. The van der Waals surface area contributed by atoms with Crippen molar-refractivity contribution in [1.29, 1.82) is 0 Å². The molecule has 6 heteroatoms. The van der Waals surface area contributed by atoms with Gasteiger partial charge in [0.15, 0.2) is 0 Å². The lowest BCUT2D eigenvalue weighted by Crippen LogP contribution is -2.15. The van der Waals surface area contributed by atoms with E-state index in [2.05, 4.69) is 27.2 Å². The van der Waals surface area contributed by atoms with E-state index in [1.807, 2.05) is 42.5 Å². The molecular formula is C21H20N4O2. The van der Waals surface area contributed by atoms with Crippen LogP contribution in [0.1, 0.15) is 16.1 Å². The Morgan fingerprint density at radius 1 is 1.07 bits per heavy atom. The fourth-order valence-electron chi connectivity index (χ4n) is 2.30. The van der Waals surface area contributed by atoms with E-state index in [0.717, 1.165) is 11.3 Å². The van der Waals surface area contributed by atoms with E-state index in [1.54, 1.807) is 24.3 Å². The number of amides is 1. The van der Waals surface area contributed by atoms with Crippen molar-refractivity contribution in [3.8, 4) is 5.75 Å². The van der Waals surface area contributed by atoms with Crippen LogP contribution < -0.4 is 15.4 Å². The first-order valence-corrected chi connectivity index (χ1v) is 8.50. The van der Waals surface area contributed by atoms with Crippen molar-refractivity contribution in [2.45, 2.75) is 6.61 Å². The Labute approximate surface area is 157 Å². The van der Waals surface area contributed by atoms with Crippen LogP contribution >= 0.6 is 0 Å². The lowest BCUT2D eigenvalue weighted by atomic mass is 10.2. The van der Waals surface area contributed by atoms with Crippen molar-refractivity contribution in [1.82, 2.24) is 9.97 Å². The van der Waals surface area contributed by atoms with Crippen LogP contribution in [0.4, 0.5) is 11.6 Å². The summed E-state index contributed by atoms with van der Waals surface area (Å²) in [6, 6.07) is 18.7. The molecule has 0 bridgehead atoms. The predicted octanol–water partition coefficient (Wildman–Crippen LogP) is 3.91. The Morgan fingerprint density at radius 2 is 1.85 bits per heavy atom. The largest absolute Gasteiger partial charge is 0.489 e. The van der Waals surface area contributed by atoms with E-state index in [0.29, 0.717) is 24.8 Å². The molecule has 27 heavy (non-hydrogen) atoms. The summed E-state index contributed by atoms with van der Waals surface area (Å²) in [5.41, 5.74) is 2.03. The van der Waals surface area contributed by atoms with Crippen LogP contribution in [0.15, 0.2) is 79.5 Å². The summed E-state index contributed by atoms with van der Waals surface area (Å²) in [7, 11) is 0. The molecule has 3 aromatic rings. The van der Waals surface area contributed by atoms with Crippen LogP contribution in [0.5, 0.6) is 5.75 Å². The summed E-state index contributed by atoms with van der Waals surface area (Å²) >= 11 is 0. The maximum atomic E-state index is 12.4. The molecule has 0 spiro atoms. The number of hydrogen-bond donors (Lipinski definition) is 2. The highest BCUT2D eigenvalue weighted by Crippen LogP contribution is 2.17. The quantitative estimate of drug-likeness (QED) is 0.596. The number of hydrogen-bond acceptors (Lipinski definition) is 5. The normalized spacial score (nSPS) is 10.1. The number of carbonyl (C=O) groups excluding carboxylic acids is 1. The molecule has 2 N–H and O–H groups in total. The minimum Gasteiger partial charge on any atom is -0.489 e. The number of nitrogens with zero attached hydrogens (tertiary/aromatic N) is 2. The van der Waals surface area contributed by atoms with Gasteiger partial charge in [0, 0.05) is 18.4 Å². The predicted molar refractivity (Wildman–Crippen MR) is 106 cm³/mol. The topological polar surface area (TPSA) is 76.1 Å². The van der Waals surface area contributed by atoms with E-state index in [-0.39, 0.29) is 11.6 Å². The molecule has 0 aliphatic heterocycles. The number of anilines is 2. The summed E-state index contributed by atoms with van der Waals surface area (Å²) in [6.45, 7) is 4.64. The Balaban J connectivity index is 1.57. The van der Waals surface area contributed by atoms with Crippen LogP contribution in [0.2, 0.25) is 0 Å². The number of benzene rings is 2. The molecule has 0 atom stereocenters. The number of carbonyl (C=O) groups is 1. The molecule has 0 unspecified atom stereocenters. The number of rotatable bonds is 8. The molecular weight excluding hydrogens is 340 g/mol. The van der Waals surface area contributed by atoms with Gasteiger partial charge in [0.25, 0.3) is 5.91 Å². The van der Waals surface area contributed by atoms with Gasteiger partial charge in [-0.1, -0.05) is 36.4 Å². The van der Waals surface area contributed by atoms with Gasteiger partial charge in [0.1, 0.15) is 18.1 Å². The summed E-state index contributed by atoms with van der Waals surface area (Å²) in [4.78, 5) is 20.6. The third-order valence-electron chi connectivity index (χ3n) is 3.65. The monoisotopic (exact) mass is 360 g/mol. The third kappa shape index (κ3) is 5.40. The zero-order chi connectivity index (χ0) is 18.9. The maximum absolute atomic E-state index is 12.4. The Hall–Kier alpha value is -3.67. The first kappa shape index (κ1) is 18.1.